The van der Waals surface area contributed by atoms with Crippen LogP contribution in [0.2, 0.25) is 0 Å². The molecule has 0 atom stereocenters. The molecule has 0 fully saturated rings. The number of methoxy groups -OCH3 is 1. The smallest absolute Gasteiger partial charge is 0.269 e. The fourth-order valence-electron chi connectivity index (χ4n) is 1.40. The summed E-state index contributed by atoms with van der Waals surface area (Å²) in [4.78, 5) is 9.90. The lowest BCUT2D eigenvalue weighted by Crippen LogP contribution is -2.33. The molecular formula is C11H17N3O5S. The van der Waals surface area contributed by atoms with Crippen LogP contribution in [0.5, 0.6) is 0 Å². The van der Waals surface area contributed by atoms with Crippen molar-refractivity contribution in [3.63, 3.8) is 0 Å². The van der Waals surface area contributed by atoms with Gasteiger partial charge in [0.1, 0.15) is 0 Å². The van der Waals surface area contributed by atoms with Crippen molar-refractivity contribution in [1.82, 2.24) is 10.0 Å². The van der Waals surface area contributed by atoms with E-state index >= 15 is 0 Å². The zero-order valence-electron chi connectivity index (χ0n) is 11.0. The molecule has 0 aliphatic heterocycles. The number of nitro groups is 1. The first-order valence-corrected chi connectivity index (χ1v) is 7.39. The highest BCUT2D eigenvalue weighted by atomic mass is 32.2. The maximum Gasteiger partial charge on any atom is 0.269 e. The van der Waals surface area contributed by atoms with Crippen LogP contribution in [0, 0.1) is 10.1 Å². The molecule has 0 saturated heterocycles. The molecule has 0 aliphatic carbocycles. The summed E-state index contributed by atoms with van der Waals surface area (Å²) in [5.74, 6) is 0. The largest absolute Gasteiger partial charge is 0.383 e. The second-order valence-corrected chi connectivity index (χ2v) is 5.66. The van der Waals surface area contributed by atoms with Gasteiger partial charge in [-0.15, -0.1) is 0 Å². The van der Waals surface area contributed by atoms with Crippen LogP contribution in [0.1, 0.15) is 0 Å². The van der Waals surface area contributed by atoms with Gasteiger partial charge in [0.25, 0.3) is 5.69 Å². The van der Waals surface area contributed by atoms with Gasteiger partial charge in [0.15, 0.2) is 0 Å². The van der Waals surface area contributed by atoms with Crippen molar-refractivity contribution in [3.05, 3.63) is 34.4 Å². The van der Waals surface area contributed by atoms with Gasteiger partial charge in [0.2, 0.25) is 10.0 Å². The summed E-state index contributed by atoms with van der Waals surface area (Å²) >= 11 is 0. The molecule has 20 heavy (non-hydrogen) atoms. The zero-order chi connectivity index (χ0) is 15.0. The lowest BCUT2D eigenvalue weighted by Gasteiger charge is -2.07. The van der Waals surface area contributed by atoms with E-state index in [0.717, 1.165) is 12.1 Å². The molecule has 0 bridgehead atoms. The first kappa shape index (κ1) is 16.5. The maximum absolute atomic E-state index is 11.9. The number of nitro benzene ring substituents is 1. The van der Waals surface area contributed by atoms with Crippen molar-refractivity contribution in [2.24, 2.45) is 0 Å². The number of nitrogens with zero attached hydrogens (tertiary/aromatic N) is 1. The minimum Gasteiger partial charge on any atom is -0.383 e. The molecule has 0 radical (unpaired) electrons. The minimum atomic E-state index is -3.64. The molecule has 0 spiro atoms. The van der Waals surface area contributed by atoms with Crippen LogP contribution < -0.4 is 10.0 Å². The van der Waals surface area contributed by atoms with Crippen molar-refractivity contribution in [1.29, 1.82) is 0 Å². The summed E-state index contributed by atoms with van der Waals surface area (Å²) < 4.78 is 31.0. The number of ether oxygens (including phenoxy) is 1. The van der Waals surface area contributed by atoms with Crippen LogP contribution in [0.15, 0.2) is 29.2 Å². The van der Waals surface area contributed by atoms with Crippen LogP contribution in [0.25, 0.3) is 0 Å². The summed E-state index contributed by atoms with van der Waals surface area (Å²) in [6.45, 7) is 1.88. The molecule has 9 heteroatoms. The predicted octanol–water partition coefficient (Wildman–Crippen LogP) is 0.109. The van der Waals surface area contributed by atoms with Crippen molar-refractivity contribution in [2.75, 3.05) is 33.4 Å². The maximum atomic E-state index is 11.9. The number of nitrogens with one attached hydrogen (secondary N) is 2. The quantitative estimate of drug-likeness (QED) is 0.380. The van der Waals surface area contributed by atoms with Gasteiger partial charge in [-0.05, 0) is 12.1 Å². The molecule has 0 unspecified atom stereocenters. The highest BCUT2D eigenvalue weighted by Gasteiger charge is 2.14. The molecule has 0 amide bonds. The van der Waals surface area contributed by atoms with Gasteiger partial charge >= 0.3 is 0 Å². The fraction of sp³-hybridized carbons (Fsp3) is 0.455. The molecule has 112 valence electrons. The number of non-ortho nitro benzene ring substituents is 1. The van der Waals surface area contributed by atoms with Crippen LogP contribution >= 0.6 is 0 Å². The van der Waals surface area contributed by atoms with E-state index in [2.05, 4.69) is 10.0 Å². The topological polar surface area (TPSA) is 111 Å². The summed E-state index contributed by atoms with van der Waals surface area (Å²) in [5.41, 5.74) is -0.148. The Balaban J connectivity index is 2.49. The van der Waals surface area contributed by atoms with E-state index in [1.54, 1.807) is 7.11 Å². The fourth-order valence-corrected chi connectivity index (χ4v) is 2.44. The molecule has 1 aromatic carbocycles. The normalized spacial score (nSPS) is 11.4. The van der Waals surface area contributed by atoms with Gasteiger partial charge in [0.05, 0.1) is 16.4 Å². The molecule has 2 N–H and O–H groups in total. The molecule has 0 aromatic heterocycles. The third-order valence-electron chi connectivity index (χ3n) is 2.43. The lowest BCUT2D eigenvalue weighted by molar-refractivity contribution is -0.384. The van der Waals surface area contributed by atoms with Gasteiger partial charge in [-0.1, -0.05) is 0 Å². The Morgan fingerprint density at radius 3 is 2.40 bits per heavy atom. The molecule has 8 nitrogen and oxygen atoms in total. The SMILES string of the molecule is COCCNCCNS(=O)(=O)c1ccc([N+](=O)[O-])cc1. The number of rotatable bonds is 9. The Kier molecular flexibility index (Phi) is 6.52. The van der Waals surface area contributed by atoms with E-state index in [9.17, 15) is 18.5 Å². The zero-order valence-corrected chi connectivity index (χ0v) is 11.9. The van der Waals surface area contributed by atoms with Crippen molar-refractivity contribution < 1.29 is 18.1 Å². The highest BCUT2D eigenvalue weighted by molar-refractivity contribution is 7.89. The second kappa shape index (κ2) is 7.90. The molecule has 0 aliphatic rings. The monoisotopic (exact) mass is 303 g/mol. The molecule has 1 rings (SSSR count). The Bertz CT molecular complexity index is 529. The minimum absolute atomic E-state index is 0.00000785. The van der Waals surface area contributed by atoms with Crippen molar-refractivity contribution in [3.8, 4) is 0 Å². The summed E-state index contributed by atoms with van der Waals surface area (Å²) in [7, 11) is -2.06. The highest BCUT2D eigenvalue weighted by Crippen LogP contribution is 2.15. The van der Waals surface area contributed by atoms with Crippen LogP contribution in [-0.4, -0.2) is 46.7 Å². The standard InChI is InChI=1S/C11H17N3O5S/c1-19-9-8-12-6-7-13-20(17,18)11-4-2-10(3-5-11)14(15)16/h2-5,12-13H,6-9H2,1H3. The van der Waals surface area contributed by atoms with Gasteiger partial charge in [-0.25, -0.2) is 13.1 Å². The first-order valence-electron chi connectivity index (χ1n) is 5.91. The van der Waals surface area contributed by atoms with Gasteiger partial charge in [0, 0.05) is 38.9 Å². The van der Waals surface area contributed by atoms with E-state index in [1.807, 2.05) is 0 Å². The molecule has 1 aromatic rings. The van der Waals surface area contributed by atoms with Gasteiger partial charge in [-0.2, -0.15) is 0 Å². The van der Waals surface area contributed by atoms with Crippen molar-refractivity contribution in [2.45, 2.75) is 4.90 Å². The van der Waals surface area contributed by atoms with Gasteiger partial charge in [-0.3, -0.25) is 10.1 Å². The number of hydrogen-bond donors (Lipinski definition) is 2. The Hall–Kier alpha value is -1.55. The van der Waals surface area contributed by atoms with E-state index in [4.69, 9.17) is 4.74 Å². The Morgan fingerprint density at radius 1 is 1.20 bits per heavy atom. The Morgan fingerprint density at radius 2 is 1.85 bits per heavy atom. The van der Waals surface area contributed by atoms with E-state index in [-0.39, 0.29) is 17.1 Å². The van der Waals surface area contributed by atoms with Crippen LogP contribution in [0.4, 0.5) is 5.69 Å². The third-order valence-corrected chi connectivity index (χ3v) is 3.91. The van der Waals surface area contributed by atoms with Crippen molar-refractivity contribution >= 4 is 15.7 Å². The Labute approximate surface area is 117 Å². The summed E-state index contributed by atoms with van der Waals surface area (Å²) in [6.07, 6.45) is 0. The average Bonchev–Trinajstić information content (AvgIpc) is 2.43. The van der Waals surface area contributed by atoms with Crippen LogP contribution in [0.3, 0.4) is 0 Å². The molecule has 0 heterocycles. The van der Waals surface area contributed by atoms with Crippen LogP contribution in [-0.2, 0) is 14.8 Å². The molecule has 0 saturated carbocycles. The predicted molar refractivity (Wildman–Crippen MR) is 73.0 cm³/mol. The summed E-state index contributed by atoms with van der Waals surface area (Å²) in [5, 5.41) is 13.5. The first-order chi connectivity index (χ1) is 9.47. The van der Waals surface area contributed by atoms with Gasteiger partial charge < -0.3 is 10.1 Å². The van der Waals surface area contributed by atoms with E-state index in [1.165, 1.54) is 12.1 Å². The number of benzene rings is 1. The second-order valence-electron chi connectivity index (χ2n) is 3.89. The number of sulfonamides is 1. The third kappa shape index (κ3) is 5.21. The van der Waals surface area contributed by atoms with E-state index < -0.39 is 14.9 Å². The lowest BCUT2D eigenvalue weighted by atomic mass is 10.3. The summed E-state index contributed by atoms with van der Waals surface area (Å²) in [6, 6.07) is 4.73. The van der Waals surface area contributed by atoms with E-state index in [0.29, 0.717) is 19.7 Å². The number of hydrogen-bond acceptors (Lipinski definition) is 6. The average molecular weight is 303 g/mol. The molecular weight excluding hydrogens is 286 g/mol.